The number of benzene rings is 3. The molecule has 4 nitrogen and oxygen atoms in total. The Balaban J connectivity index is 1.28. The maximum atomic E-state index is 13.3. The molecule has 1 aliphatic heterocycles. The van der Waals surface area contributed by atoms with E-state index in [0.29, 0.717) is 6.42 Å². The molecule has 1 saturated heterocycles. The average Bonchev–Trinajstić information content (AvgIpc) is 2.88. The Kier molecular flexibility index (Phi) is 6.07. The molecule has 0 spiro atoms. The van der Waals surface area contributed by atoms with Crippen LogP contribution in [-0.2, 0) is 4.79 Å². The Morgan fingerprint density at radius 1 is 0.818 bits per heavy atom. The molecule has 33 heavy (non-hydrogen) atoms. The van der Waals surface area contributed by atoms with E-state index in [1.54, 1.807) is 0 Å². The number of anilines is 1. The van der Waals surface area contributed by atoms with E-state index in [1.165, 1.54) is 22.1 Å². The Morgan fingerprint density at radius 3 is 2.03 bits per heavy atom. The molecule has 166 valence electrons. The lowest BCUT2D eigenvalue weighted by Crippen LogP contribution is -2.49. The molecule has 5 rings (SSSR count). The van der Waals surface area contributed by atoms with Crippen LogP contribution in [0.1, 0.15) is 29.0 Å². The summed E-state index contributed by atoms with van der Waals surface area (Å²) in [7, 11) is 0. The molecule has 0 saturated carbocycles. The third kappa shape index (κ3) is 4.61. The first kappa shape index (κ1) is 21.2. The predicted octanol–water partition coefficient (Wildman–Crippen LogP) is 5.41. The lowest BCUT2D eigenvalue weighted by Gasteiger charge is -2.36. The van der Waals surface area contributed by atoms with E-state index in [0.717, 1.165) is 37.5 Å². The largest absolute Gasteiger partial charge is 0.353 e. The predicted molar refractivity (Wildman–Crippen MR) is 135 cm³/mol. The van der Waals surface area contributed by atoms with Crippen molar-refractivity contribution in [1.82, 2.24) is 9.88 Å². The standard InChI is InChI=1S/C29H29N3O/c1-22-20-28(30-27-15-9-8-14-25(22)27)31-16-18-32(19-17-31)29(33)21-26(23-10-4-2-5-11-23)24-12-6-3-7-13-24/h2-15,20,26H,16-19,21H2,1H3. The molecular weight excluding hydrogens is 406 g/mol. The SMILES string of the molecule is Cc1cc(N2CCN(C(=O)CC(c3ccccc3)c3ccccc3)CC2)nc2ccccc12. The van der Waals surface area contributed by atoms with Crippen molar-refractivity contribution in [3.63, 3.8) is 0 Å². The Bertz CT molecular complexity index is 1190. The Morgan fingerprint density at radius 2 is 1.39 bits per heavy atom. The smallest absolute Gasteiger partial charge is 0.223 e. The minimum Gasteiger partial charge on any atom is -0.353 e. The fourth-order valence-electron chi connectivity index (χ4n) is 4.78. The van der Waals surface area contributed by atoms with E-state index in [9.17, 15) is 4.79 Å². The van der Waals surface area contributed by atoms with E-state index in [-0.39, 0.29) is 11.8 Å². The van der Waals surface area contributed by atoms with Gasteiger partial charge in [0.05, 0.1) is 5.52 Å². The van der Waals surface area contributed by atoms with Gasteiger partial charge in [-0.3, -0.25) is 4.79 Å². The summed E-state index contributed by atoms with van der Waals surface area (Å²) in [6.45, 7) is 5.20. The van der Waals surface area contributed by atoms with Crippen molar-refractivity contribution in [1.29, 1.82) is 0 Å². The average molecular weight is 436 g/mol. The highest BCUT2D eigenvalue weighted by atomic mass is 16.2. The number of hydrogen-bond acceptors (Lipinski definition) is 3. The topological polar surface area (TPSA) is 36.4 Å². The van der Waals surface area contributed by atoms with E-state index >= 15 is 0 Å². The number of aromatic nitrogens is 1. The van der Waals surface area contributed by atoms with E-state index in [1.807, 2.05) is 47.4 Å². The van der Waals surface area contributed by atoms with E-state index < -0.39 is 0 Å². The zero-order chi connectivity index (χ0) is 22.6. The normalized spacial score (nSPS) is 14.1. The van der Waals surface area contributed by atoms with Crippen LogP contribution in [0.25, 0.3) is 10.9 Å². The summed E-state index contributed by atoms with van der Waals surface area (Å²) in [6, 6.07) is 31.2. The van der Waals surface area contributed by atoms with Gasteiger partial charge >= 0.3 is 0 Å². The van der Waals surface area contributed by atoms with Gasteiger partial charge in [0.2, 0.25) is 5.91 Å². The summed E-state index contributed by atoms with van der Waals surface area (Å²) in [5.41, 5.74) is 4.64. The van der Waals surface area contributed by atoms with Gasteiger partial charge in [0.25, 0.3) is 0 Å². The number of piperazine rings is 1. The second kappa shape index (κ2) is 9.45. The van der Waals surface area contributed by atoms with Gasteiger partial charge in [0.1, 0.15) is 5.82 Å². The van der Waals surface area contributed by atoms with Crippen molar-refractivity contribution in [3.05, 3.63) is 108 Å². The quantitative estimate of drug-likeness (QED) is 0.420. The minimum absolute atomic E-state index is 0.0720. The number of carbonyl (C=O) groups is 1. The zero-order valence-electron chi connectivity index (χ0n) is 19.0. The Labute approximate surface area is 195 Å². The summed E-state index contributed by atoms with van der Waals surface area (Å²) in [6.07, 6.45) is 0.487. The lowest BCUT2D eigenvalue weighted by atomic mass is 9.88. The highest BCUT2D eigenvalue weighted by Gasteiger charge is 2.26. The fraction of sp³-hybridized carbons (Fsp3) is 0.241. The minimum atomic E-state index is 0.0720. The molecule has 0 atom stereocenters. The van der Waals surface area contributed by atoms with E-state index in [4.69, 9.17) is 4.98 Å². The zero-order valence-corrected chi connectivity index (χ0v) is 19.0. The van der Waals surface area contributed by atoms with Crippen LogP contribution in [-0.4, -0.2) is 42.0 Å². The maximum absolute atomic E-state index is 13.3. The molecule has 0 unspecified atom stereocenters. The van der Waals surface area contributed by atoms with Gasteiger partial charge < -0.3 is 9.80 Å². The monoisotopic (exact) mass is 435 g/mol. The van der Waals surface area contributed by atoms with Gasteiger partial charge in [-0.15, -0.1) is 0 Å². The molecular formula is C29H29N3O. The summed E-state index contributed by atoms with van der Waals surface area (Å²) in [5, 5.41) is 1.20. The first-order chi connectivity index (χ1) is 16.2. The summed E-state index contributed by atoms with van der Waals surface area (Å²) in [5.74, 6) is 1.29. The van der Waals surface area contributed by atoms with Crippen molar-refractivity contribution in [2.24, 2.45) is 0 Å². The first-order valence-corrected chi connectivity index (χ1v) is 11.7. The number of para-hydroxylation sites is 1. The molecule has 1 aromatic heterocycles. The summed E-state index contributed by atoms with van der Waals surface area (Å²) < 4.78 is 0. The molecule has 0 aliphatic carbocycles. The number of rotatable bonds is 5. The number of fused-ring (bicyclic) bond motifs is 1. The third-order valence-electron chi connectivity index (χ3n) is 6.65. The van der Waals surface area contributed by atoms with Gasteiger partial charge in [0, 0.05) is 43.9 Å². The van der Waals surface area contributed by atoms with Crippen LogP contribution in [0.3, 0.4) is 0 Å². The van der Waals surface area contributed by atoms with Crippen molar-refractivity contribution in [2.75, 3.05) is 31.1 Å². The van der Waals surface area contributed by atoms with Crippen molar-refractivity contribution < 1.29 is 4.79 Å². The molecule has 4 heteroatoms. The lowest BCUT2D eigenvalue weighted by molar-refractivity contribution is -0.131. The highest BCUT2D eigenvalue weighted by molar-refractivity contribution is 5.84. The molecule has 1 aliphatic rings. The van der Waals surface area contributed by atoms with Gasteiger partial charge in [-0.2, -0.15) is 0 Å². The van der Waals surface area contributed by atoms with Crippen molar-refractivity contribution in [3.8, 4) is 0 Å². The molecule has 3 aromatic carbocycles. The maximum Gasteiger partial charge on any atom is 0.223 e. The molecule has 1 fully saturated rings. The molecule has 1 amide bonds. The fourth-order valence-corrected chi connectivity index (χ4v) is 4.78. The number of carbonyl (C=O) groups excluding carboxylic acids is 1. The van der Waals surface area contributed by atoms with Crippen molar-refractivity contribution >= 4 is 22.6 Å². The molecule has 4 aromatic rings. The van der Waals surface area contributed by atoms with Crippen LogP contribution in [0.2, 0.25) is 0 Å². The number of nitrogens with zero attached hydrogens (tertiary/aromatic N) is 3. The van der Waals surface area contributed by atoms with Crippen LogP contribution < -0.4 is 4.90 Å². The van der Waals surface area contributed by atoms with Crippen molar-refractivity contribution in [2.45, 2.75) is 19.3 Å². The number of amides is 1. The van der Waals surface area contributed by atoms with Crippen LogP contribution in [0.5, 0.6) is 0 Å². The van der Waals surface area contributed by atoms with Gasteiger partial charge in [-0.05, 0) is 35.7 Å². The molecule has 0 N–H and O–H groups in total. The Hall–Kier alpha value is -3.66. The van der Waals surface area contributed by atoms with Crippen LogP contribution in [0.15, 0.2) is 91.0 Å². The molecule has 0 radical (unpaired) electrons. The molecule has 0 bridgehead atoms. The summed E-state index contributed by atoms with van der Waals surface area (Å²) in [4.78, 5) is 22.5. The van der Waals surface area contributed by atoms with Crippen LogP contribution >= 0.6 is 0 Å². The van der Waals surface area contributed by atoms with Gasteiger partial charge in [-0.25, -0.2) is 4.98 Å². The summed E-state index contributed by atoms with van der Waals surface area (Å²) >= 11 is 0. The third-order valence-corrected chi connectivity index (χ3v) is 6.65. The number of aryl methyl sites for hydroxylation is 1. The second-order valence-electron chi connectivity index (χ2n) is 8.76. The van der Waals surface area contributed by atoms with Crippen LogP contribution in [0, 0.1) is 6.92 Å². The van der Waals surface area contributed by atoms with Gasteiger partial charge in [0.15, 0.2) is 0 Å². The number of hydrogen-bond donors (Lipinski definition) is 0. The second-order valence-corrected chi connectivity index (χ2v) is 8.76. The van der Waals surface area contributed by atoms with E-state index in [2.05, 4.69) is 60.4 Å². The molecule has 2 heterocycles. The first-order valence-electron chi connectivity index (χ1n) is 11.7. The van der Waals surface area contributed by atoms with Gasteiger partial charge in [-0.1, -0.05) is 78.9 Å². The highest BCUT2D eigenvalue weighted by Crippen LogP contribution is 2.29. The number of pyridine rings is 1. The van der Waals surface area contributed by atoms with Crippen LogP contribution in [0.4, 0.5) is 5.82 Å².